The Morgan fingerprint density at radius 3 is 2.54 bits per heavy atom. The lowest BCUT2D eigenvalue weighted by Crippen LogP contribution is -2.51. The molecule has 1 heterocycles. The van der Waals surface area contributed by atoms with E-state index in [9.17, 15) is 17.6 Å². The van der Waals surface area contributed by atoms with Crippen LogP contribution < -0.4 is 5.32 Å². The molecule has 0 aromatic heterocycles. The average molecular weight is 357 g/mol. The van der Waals surface area contributed by atoms with E-state index in [1.807, 2.05) is 18.7 Å². The maximum absolute atomic E-state index is 13.3. The first-order valence-corrected chi connectivity index (χ1v) is 9.54. The van der Waals surface area contributed by atoms with Gasteiger partial charge in [-0.05, 0) is 31.5 Å². The molecule has 0 radical (unpaired) electrons. The SMILES string of the molecule is CC[C@H](C)NC(=O)CN1CCN(S(=O)(=O)c2cccc(F)c2)CC1. The Hall–Kier alpha value is -1.51. The molecule has 0 spiro atoms. The Balaban J connectivity index is 1.91. The van der Waals surface area contributed by atoms with Gasteiger partial charge in [-0.2, -0.15) is 4.31 Å². The summed E-state index contributed by atoms with van der Waals surface area (Å²) >= 11 is 0. The second-order valence-corrected chi connectivity index (χ2v) is 7.95. The summed E-state index contributed by atoms with van der Waals surface area (Å²) in [6.07, 6.45) is 0.866. The lowest BCUT2D eigenvalue weighted by molar-refractivity contribution is -0.123. The molecule has 0 saturated carbocycles. The van der Waals surface area contributed by atoms with Crippen LogP contribution in [0.4, 0.5) is 4.39 Å². The fourth-order valence-corrected chi connectivity index (χ4v) is 3.98. The van der Waals surface area contributed by atoms with E-state index in [0.717, 1.165) is 12.5 Å². The second kappa shape index (κ2) is 8.04. The summed E-state index contributed by atoms with van der Waals surface area (Å²) in [4.78, 5) is 13.8. The lowest BCUT2D eigenvalue weighted by Gasteiger charge is -2.33. The molecule has 8 heteroatoms. The van der Waals surface area contributed by atoms with Crippen molar-refractivity contribution in [2.75, 3.05) is 32.7 Å². The summed E-state index contributed by atoms with van der Waals surface area (Å²) in [6.45, 7) is 5.73. The average Bonchev–Trinajstić information content (AvgIpc) is 2.55. The molecule has 1 atom stereocenters. The Bertz CT molecular complexity index is 673. The van der Waals surface area contributed by atoms with Gasteiger partial charge in [0.1, 0.15) is 5.82 Å². The summed E-state index contributed by atoms with van der Waals surface area (Å²) in [5.41, 5.74) is 0. The predicted molar refractivity (Wildman–Crippen MR) is 89.5 cm³/mol. The molecule has 2 rings (SSSR count). The number of carbonyl (C=O) groups is 1. The minimum atomic E-state index is -3.69. The van der Waals surface area contributed by atoms with Gasteiger partial charge in [0.2, 0.25) is 15.9 Å². The molecule has 1 fully saturated rings. The van der Waals surface area contributed by atoms with Gasteiger partial charge in [-0.15, -0.1) is 0 Å². The van der Waals surface area contributed by atoms with Crippen LogP contribution >= 0.6 is 0 Å². The van der Waals surface area contributed by atoms with E-state index in [2.05, 4.69) is 5.32 Å². The molecule has 24 heavy (non-hydrogen) atoms. The molecule has 134 valence electrons. The first-order valence-electron chi connectivity index (χ1n) is 8.10. The predicted octanol–water partition coefficient (Wildman–Crippen LogP) is 1.05. The number of piperazine rings is 1. The Morgan fingerprint density at radius 2 is 1.96 bits per heavy atom. The number of hydrogen-bond donors (Lipinski definition) is 1. The van der Waals surface area contributed by atoms with Gasteiger partial charge in [-0.1, -0.05) is 13.0 Å². The van der Waals surface area contributed by atoms with Crippen molar-refractivity contribution < 1.29 is 17.6 Å². The van der Waals surface area contributed by atoms with Gasteiger partial charge < -0.3 is 5.32 Å². The molecule has 0 bridgehead atoms. The van der Waals surface area contributed by atoms with Crippen LogP contribution in [0.1, 0.15) is 20.3 Å². The monoisotopic (exact) mass is 357 g/mol. The molecule has 1 aliphatic heterocycles. The van der Waals surface area contributed by atoms with Gasteiger partial charge in [-0.25, -0.2) is 12.8 Å². The Morgan fingerprint density at radius 1 is 1.29 bits per heavy atom. The van der Waals surface area contributed by atoms with Crippen molar-refractivity contribution in [3.05, 3.63) is 30.1 Å². The smallest absolute Gasteiger partial charge is 0.243 e. The molecule has 6 nitrogen and oxygen atoms in total. The van der Waals surface area contributed by atoms with E-state index in [-0.39, 0.29) is 36.5 Å². The zero-order valence-electron chi connectivity index (χ0n) is 14.0. The van der Waals surface area contributed by atoms with Crippen LogP contribution in [0.25, 0.3) is 0 Å². The summed E-state index contributed by atoms with van der Waals surface area (Å²) in [5.74, 6) is -0.623. The molecule has 1 N–H and O–H groups in total. The summed E-state index contributed by atoms with van der Waals surface area (Å²) in [5, 5.41) is 2.90. The topological polar surface area (TPSA) is 69.7 Å². The highest BCUT2D eigenvalue weighted by molar-refractivity contribution is 7.89. The van der Waals surface area contributed by atoms with Crippen molar-refractivity contribution in [3.8, 4) is 0 Å². The number of rotatable bonds is 6. The molecule has 1 aromatic rings. The van der Waals surface area contributed by atoms with Crippen LogP contribution in [-0.2, 0) is 14.8 Å². The van der Waals surface area contributed by atoms with Crippen LogP contribution in [-0.4, -0.2) is 62.3 Å². The molecule has 1 saturated heterocycles. The van der Waals surface area contributed by atoms with Gasteiger partial charge in [0.05, 0.1) is 11.4 Å². The number of halogens is 1. The minimum absolute atomic E-state index is 0.0366. The van der Waals surface area contributed by atoms with E-state index in [1.165, 1.54) is 22.5 Å². The van der Waals surface area contributed by atoms with Crippen molar-refractivity contribution in [1.29, 1.82) is 0 Å². The van der Waals surface area contributed by atoms with Crippen LogP contribution in [0.2, 0.25) is 0 Å². The van der Waals surface area contributed by atoms with E-state index in [1.54, 1.807) is 0 Å². The fraction of sp³-hybridized carbons (Fsp3) is 0.562. The third-order valence-corrected chi connectivity index (χ3v) is 6.05. The van der Waals surface area contributed by atoms with Crippen molar-refractivity contribution in [2.45, 2.75) is 31.2 Å². The maximum Gasteiger partial charge on any atom is 0.243 e. The number of benzene rings is 1. The van der Waals surface area contributed by atoms with Crippen LogP contribution in [0.3, 0.4) is 0 Å². The summed E-state index contributed by atoms with van der Waals surface area (Å²) in [6, 6.07) is 5.16. The van der Waals surface area contributed by atoms with E-state index >= 15 is 0 Å². The molecular weight excluding hydrogens is 333 g/mol. The number of nitrogens with zero attached hydrogens (tertiary/aromatic N) is 2. The first-order chi connectivity index (χ1) is 11.3. The third-order valence-electron chi connectivity index (χ3n) is 4.15. The highest BCUT2D eigenvalue weighted by Crippen LogP contribution is 2.18. The maximum atomic E-state index is 13.3. The second-order valence-electron chi connectivity index (χ2n) is 6.01. The number of hydrogen-bond acceptors (Lipinski definition) is 4. The van der Waals surface area contributed by atoms with Gasteiger partial charge in [0.15, 0.2) is 0 Å². The van der Waals surface area contributed by atoms with Crippen LogP contribution in [0.5, 0.6) is 0 Å². The summed E-state index contributed by atoms with van der Waals surface area (Å²) in [7, 11) is -3.69. The fourth-order valence-electron chi connectivity index (χ4n) is 2.53. The highest BCUT2D eigenvalue weighted by atomic mass is 32.2. The molecule has 1 aromatic carbocycles. The quantitative estimate of drug-likeness (QED) is 0.826. The van der Waals surface area contributed by atoms with Gasteiger partial charge in [-0.3, -0.25) is 9.69 Å². The first kappa shape index (κ1) is 18.8. The van der Waals surface area contributed by atoms with E-state index in [4.69, 9.17) is 0 Å². The molecular formula is C16H24FN3O3S. The lowest BCUT2D eigenvalue weighted by atomic mass is 10.2. The van der Waals surface area contributed by atoms with Crippen molar-refractivity contribution in [2.24, 2.45) is 0 Å². The number of carbonyl (C=O) groups excluding carboxylic acids is 1. The Kier molecular flexibility index (Phi) is 6.31. The Labute approximate surface area is 142 Å². The third kappa shape index (κ3) is 4.75. The zero-order valence-corrected chi connectivity index (χ0v) is 14.9. The number of nitrogens with one attached hydrogen (secondary N) is 1. The van der Waals surface area contributed by atoms with Crippen molar-refractivity contribution >= 4 is 15.9 Å². The highest BCUT2D eigenvalue weighted by Gasteiger charge is 2.29. The minimum Gasteiger partial charge on any atom is -0.353 e. The van der Waals surface area contributed by atoms with Crippen LogP contribution in [0, 0.1) is 5.82 Å². The van der Waals surface area contributed by atoms with Crippen molar-refractivity contribution in [3.63, 3.8) is 0 Å². The number of amides is 1. The standard InChI is InChI=1S/C16H24FN3O3S/c1-3-13(2)18-16(21)12-19-7-9-20(10-8-19)24(22,23)15-6-4-5-14(17)11-15/h4-6,11,13H,3,7-10,12H2,1-2H3,(H,18,21)/t13-/m0/s1. The zero-order chi connectivity index (χ0) is 17.7. The van der Waals surface area contributed by atoms with Gasteiger partial charge >= 0.3 is 0 Å². The summed E-state index contributed by atoms with van der Waals surface area (Å²) < 4.78 is 39.6. The van der Waals surface area contributed by atoms with Gasteiger partial charge in [0, 0.05) is 32.2 Å². The molecule has 1 amide bonds. The normalized spacial score (nSPS) is 18.3. The van der Waals surface area contributed by atoms with E-state index < -0.39 is 15.8 Å². The largest absolute Gasteiger partial charge is 0.353 e. The molecule has 0 unspecified atom stereocenters. The van der Waals surface area contributed by atoms with Gasteiger partial charge in [0.25, 0.3) is 0 Å². The number of sulfonamides is 1. The van der Waals surface area contributed by atoms with Crippen molar-refractivity contribution in [1.82, 2.24) is 14.5 Å². The molecule has 1 aliphatic rings. The van der Waals surface area contributed by atoms with E-state index in [0.29, 0.717) is 13.1 Å². The van der Waals surface area contributed by atoms with Crippen LogP contribution in [0.15, 0.2) is 29.2 Å². The molecule has 0 aliphatic carbocycles.